The van der Waals surface area contributed by atoms with Gasteiger partial charge in [-0.05, 0) is 23.6 Å². The van der Waals surface area contributed by atoms with Crippen molar-refractivity contribution in [3.8, 4) is 0 Å². The van der Waals surface area contributed by atoms with Crippen molar-refractivity contribution in [1.29, 1.82) is 0 Å². The Hall–Kier alpha value is -1.85. The molecule has 0 radical (unpaired) electrons. The number of nitrogens with zero attached hydrogens (tertiary/aromatic N) is 1. The van der Waals surface area contributed by atoms with Crippen LogP contribution >= 0.6 is 11.3 Å². The van der Waals surface area contributed by atoms with Gasteiger partial charge in [0.1, 0.15) is 0 Å². The highest BCUT2D eigenvalue weighted by Gasteiger charge is 2.03. The molecule has 3 aromatic heterocycles. The highest BCUT2D eigenvalue weighted by molar-refractivity contribution is 7.17. The van der Waals surface area contributed by atoms with Gasteiger partial charge in [0.2, 0.25) is 0 Å². The van der Waals surface area contributed by atoms with Gasteiger partial charge in [0.25, 0.3) is 5.56 Å². The Morgan fingerprint density at radius 1 is 1.32 bits per heavy atom. The Labute approximate surface area is 114 Å². The minimum Gasteiger partial charge on any atom is -0.472 e. The van der Waals surface area contributed by atoms with Crippen LogP contribution in [0.5, 0.6) is 0 Å². The van der Waals surface area contributed by atoms with Gasteiger partial charge in [0.05, 0.1) is 17.9 Å². The van der Waals surface area contributed by atoms with Gasteiger partial charge in [-0.15, -0.1) is 11.3 Å². The third kappa shape index (κ3) is 2.62. The molecule has 0 amide bonds. The predicted molar refractivity (Wildman–Crippen MR) is 76.5 cm³/mol. The SMILES string of the molecule is O=c1c2ccsc2ccn1CCNCc1ccoc1. The quantitative estimate of drug-likeness (QED) is 0.727. The monoisotopic (exact) mass is 274 g/mol. The summed E-state index contributed by atoms with van der Waals surface area (Å²) in [6.45, 7) is 2.18. The van der Waals surface area contributed by atoms with E-state index in [1.165, 1.54) is 0 Å². The number of hydrogen-bond acceptors (Lipinski definition) is 4. The molecule has 5 heteroatoms. The van der Waals surface area contributed by atoms with Gasteiger partial charge in [-0.1, -0.05) is 0 Å². The molecular weight excluding hydrogens is 260 g/mol. The Morgan fingerprint density at radius 2 is 2.26 bits per heavy atom. The lowest BCUT2D eigenvalue weighted by atomic mass is 10.3. The number of aromatic nitrogens is 1. The van der Waals surface area contributed by atoms with Crippen LogP contribution in [0.15, 0.2) is 51.5 Å². The number of furan rings is 1. The van der Waals surface area contributed by atoms with Crippen LogP contribution in [0.3, 0.4) is 0 Å². The second-order valence-corrected chi connectivity index (χ2v) is 5.27. The Kier molecular flexibility index (Phi) is 3.48. The van der Waals surface area contributed by atoms with E-state index in [2.05, 4.69) is 5.32 Å². The average Bonchev–Trinajstić information content (AvgIpc) is 3.08. The number of hydrogen-bond donors (Lipinski definition) is 1. The van der Waals surface area contributed by atoms with Crippen molar-refractivity contribution in [3.05, 3.63) is 58.2 Å². The van der Waals surface area contributed by atoms with Gasteiger partial charge in [-0.25, -0.2) is 0 Å². The first kappa shape index (κ1) is 12.2. The molecule has 98 valence electrons. The van der Waals surface area contributed by atoms with E-state index in [1.807, 2.05) is 29.8 Å². The van der Waals surface area contributed by atoms with E-state index in [-0.39, 0.29) is 5.56 Å². The zero-order valence-corrected chi connectivity index (χ0v) is 11.2. The minimum atomic E-state index is 0.0869. The maximum atomic E-state index is 12.1. The summed E-state index contributed by atoms with van der Waals surface area (Å²) in [6.07, 6.45) is 5.24. The van der Waals surface area contributed by atoms with Crippen molar-refractivity contribution in [3.63, 3.8) is 0 Å². The van der Waals surface area contributed by atoms with Gasteiger partial charge in [0.15, 0.2) is 0 Å². The highest BCUT2D eigenvalue weighted by atomic mass is 32.1. The lowest BCUT2D eigenvalue weighted by molar-refractivity contribution is 0.554. The fraction of sp³-hybridized carbons (Fsp3) is 0.214. The molecule has 0 fully saturated rings. The lowest BCUT2D eigenvalue weighted by Crippen LogP contribution is -2.26. The van der Waals surface area contributed by atoms with E-state index in [0.717, 1.165) is 28.7 Å². The molecule has 0 bridgehead atoms. The summed E-state index contributed by atoms with van der Waals surface area (Å²) in [4.78, 5) is 12.1. The predicted octanol–water partition coefficient (Wildman–Crippen LogP) is 2.45. The van der Waals surface area contributed by atoms with Crippen molar-refractivity contribution >= 4 is 21.4 Å². The van der Waals surface area contributed by atoms with E-state index < -0.39 is 0 Å². The Balaban J connectivity index is 1.62. The third-order valence-electron chi connectivity index (χ3n) is 3.03. The Bertz CT molecular complexity index is 712. The number of thiophene rings is 1. The number of pyridine rings is 1. The van der Waals surface area contributed by atoms with Gasteiger partial charge in [-0.2, -0.15) is 0 Å². The average molecular weight is 274 g/mol. The van der Waals surface area contributed by atoms with Crippen LogP contribution < -0.4 is 10.9 Å². The zero-order chi connectivity index (χ0) is 13.1. The molecule has 0 aliphatic heterocycles. The molecule has 4 nitrogen and oxygen atoms in total. The number of fused-ring (bicyclic) bond motifs is 1. The van der Waals surface area contributed by atoms with Gasteiger partial charge >= 0.3 is 0 Å². The van der Waals surface area contributed by atoms with Crippen molar-refractivity contribution in [1.82, 2.24) is 9.88 Å². The van der Waals surface area contributed by atoms with Crippen molar-refractivity contribution in [2.75, 3.05) is 6.54 Å². The largest absolute Gasteiger partial charge is 0.472 e. The standard InChI is InChI=1S/C14H14N2O2S/c17-14-12-3-8-19-13(12)1-5-16(14)6-4-15-9-11-2-7-18-10-11/h1-3,5,7-8,10,15H,4,6,9H2. The molecule has 0 spiro atoms. The summed E-state index contributed by atoms with van der Waals surface area (Å²) in [7, 11) is 0. The maximum absolute atomic E-state index is 12.1. The van der Waals surface area contributed by atoms with E-state index in [4.69, 9.17) is 4.42 Å². The smallest absolute Gasteiger partial charge is 0.259 e. The highest BCUT2D eigenvalue weighted by Crippen LogP contribution is 2.15. The molecule has 19 heavy (non-hydrogen) atoms. The van der Waals surface area contributed by atoms with Gasteiger partial charge in [0, 0.05) is 36.1 Å². The molecule has 1 N–H and O–H groups in total. The molecular formula is C14H14N2O2S. The topological polar surface area (TPSA) is 47.2 Å². The van der Waals surface area contributed by atoms with Crippen molar-refractivity contribution < 1.29 is 4.42 Å². The summed E-state index contributed by atoms with van der Waals surface area (Å²) in [6, 6.07) is 5.81. The molecule has 0 saturated heterocycles. The molecule has 0 atom stereocenters. The van der Waals surface area contributed by atoms with Crippen molar-refractivity contribution in [2.45, 2.75) is 13.1 Å². The fourth-order valence-corrected chi connectivity index (χ4v) is 2.78. The molecule has 0 saturated carbocycles. The first-order chi connectivity index (χ1) is 9.34. The van der Waals surface area contributed by atoms with Crippen LogP contribution in [0, 0.1) is 0 Å². The molecule has 0 aromatic carbocycles. The molecule has 0 aliphatic carbocycles. The number of nitrogens with one attached hydrogen (secondary N) is 1. The summed E-state index contributed by atoms with van der Waals surface area (Å²) in [5, 5.41) is 6.05. The Morgan fingerprint density at radius 3 is 3.11 bits per heavy atom. The normalized spacial score (nSPS) is 11.2. The molecule has 3 heterocycles. The maximum Gasteiger partial charge on any atom is 0.259 e. The zero-order valence-electron chi connectivity index (χ0n) is 10.3. The summed E-state index contributed by atoms with van der Waals surface area (Å²) in [5.41, 5.74) is 1.20. The number of rotatable bonds is 5. The van der Waals surface area contributed by atoms with Gasteiger partial charge < -0.3 is 14.3 Å². The fourth-order valence-electron chi connectivity index (χ4n) is 2.01. The first-order valence-electron chi connectivity index (χ1n) is 6.13. The molecule has 0 aliphatic rings. The summed E-state index contributed by atoms with van der Waals surface area (Å²) < 4.78 is 7.79. The van der Waals surface area contributed by atoms with Crippen LogP contribution in [-0.4, -0.2) is 11.1 Å². The van der Waals surface area contributed by atoms with Crippen LogP contribution in [0.25, 0.3) is 10.1 Å². The van der Waals surface area contributed by atoms with E-state index in [1.54, 1.807) is 28.4 Å². The molecule has 0 unspecified atom stereocenters. The summed E-state index contributed by atoms with van der Waals surface area (Å²) >= 11 is 1.60. The summed E-state index contributed by atoms with van der Waals surface area (Å²) in [5.74, 6) is 0. The second-order valence-electron chi connectivity index (χ2n) is 4.32. The van der Waals surface area contributed by atoms with Crippen LogP contribution in [0.4, 0.5) is 0 Å². The first-order valence-corrected chi connectivity index (χ1v) is 7.01. The van der Waals surface area contributed by atoms with E-state index in [9.17, 15) is 4.79 Å². The third-order valence-corrected chi connectivity index (χ3v) is 3.91. The van der Waals surface area contributed by atoms with Crippen molar-refractivity contribution in [2.24, 2.45) is 0 Å². The lowest BCUT2D eigenvalue weighted by Gasteiger charge is -2.06. The second kappa shape index (κ2) is 5.42. The van der Waals surface area contributed by atoms with Crippen LogP contribution in [-0.2, 0) is 13.1 Å². The molecule has 3 rings (SSSR count). The van der Waals surface area contributed by atoms with Crippen LogP contribution in [0.2, 0.25) is 0 Å². The minimum absolute atomic E-state index is 0.0869. The van der Waals surface area contributed by atoms with E-state index in [0.29, 0.717) is 6.54 Å². The van der Waals surface area contributed by atoms with Gasteiger partial charge in [-0.3, -0.25) is 4.79 Å². The van der Waals surface area contributed by atoms with E-state index >= 15 is 0 Å². The molecule has 3 aromatic rings. The van der Waals surface area contributed by atoms with Crippen LogP contribution in [0.1, 0.15) is 5.56 Å².